The summed E-state index contributed by atoms with van der Waals surface area (Å²) in [6.45, 7) is 3.96. The van der Waals surface area contributed by atoms with Crippen LogP contribution < -0.4 is 4.90 Å². The minimum atomic E-state index is -0.428. The second kappa shape index (κ2) is 10.0. The Morgan fingerprint density at radius 2 is 1.49 bits per heavy atom. The van der Waals surface area contributed by atoms with Gasteiger partial charge in [-0.1, -0.05) is 78.4 Å². The first-order valence-corrected chi connectivity index (χ1v) is 12.4. The first-order valence-electron chi connectivity index (χ1n) is 12.4. The first kappa shape index (κ1) is 23.3. The highest BCUT2D eigenvalue weighted by molar-refractivity contribution is 5.95. The van der Waals surface area contributed by atoms with Gasteiger partial charge < -0.3 is 14.5 Å². The molecule has 35 heavy (non-hydrogen) atoms. The Bertz CT molecular complexity index is 1120. The molecule has 2 amide bonds. The SMILES string of the molecule is Cc1ccc(N2CC3(CCCN(C(=O)C(c4ccccc4)c4ccccc4)CC3)OCC2=O)cc1. The fourth-order valence-corrected chi connectivity index (χ4v) is 5.32. The highest BCUT2D eigenvalue weighted by atomic mass is 16.5. The maximum atomic E-state index is 13.9. The molecule has 2 saturated heterocycles. The second-order valence-electron chi connectivity index (χ2n) is 9.72. The van der Waals surface area contributed by atoms with Crippen molar-refractivity contribution in [2.45, 2.75) is 37.7 Å². The van der Waals surface area contributed by atoms with Gasteiger partial charge >= 0.3 is 0 Å². The van der Waals surface area contributed by atoms with Gasteiger partial charge in [0.05, 0.1) is 18.1 Å². The van der Waals surface area contributed by atoms with Crippen LogP contribution in [-0.4, -0.2) is 48.6 Å². The lowest BCUT2D eigenvalue weighted by atomic mass is 9.89. The van der Waals surface area contributed by atoms with E-state index in [1.165, 1.54) is 5.56 Å². The van der Waals surface area contributed by atoms with Gasteiger partial charge in [-0.25, -0.2) is 0 Å². The fourth-order valence-electron chi connectivity index (χ4n) is 5.32. The van der Waals surface area contributed by atoms with Gasteiger partial charge in [-0.05, 0) is 49.4 Å². The highest BCUT2D eigenvalue weighted by Crippen LogP contribution is 2.34. The van der Waals surface area contributed by atoms with Crippen molar-refractivity contribution in [2.75, 3.05) is 31.1 Å². The van der Waals surface area contributed by atoms with E-state index in [0.717, 1.165) is 29.7 Å². The van der Waals surface area contributed by atoms with Gasteiger partial charge in [-0.2, -0.15) is 0 Å². The molecule has 0 saturated carbocycles. The summed E-state index contributed by atoms with van der Waals surface area (Å²) in [5.74, 6) is -0.212. The second-order valence-corrected chi connectivity index (χ2v) is 9.72. The molecular formula is C30H32N2O3. The molecule has 5 rings (SSSR count). The van der Waals surface area contributed by atoms with E-state index in [0.29, 0.717) is 26.1 Å². The average Bonchev–Trinajstić information content (AvgIpc) is 3.10. The molecule has 1 unspecified atom stereocenters. The predicted molar refractivity (Wildman–Crippen MR) is 137 cm³/mol. The van der Waals surface area contributed by atoms with Crippen molar-refractivity contribution in [3.63, 3.8) is 0 Å². The molecule has 0 bridgehead atoms. The standard InChI is InChI=1S/C30H32N2O3/c1-23-13-15-26(16-14-23)32-22-30(35-21-27(32)33)17-8-19-31(20-18-30)29(34)28(24-9-4-2-5-10-24)25-11-6-3-7-12-25/h2-7,9-16,28H,8,17-22H2,1H3. The number of benzene rings is 3. The molecule has 5 heteroatoms. The summed E-state index contributed by atoms with van der Waals surface area (Å²) in [6.07, 6.45) is 2.39. The lowest BCUT2D eigenvalue weighted by molar-refractivity contribution is -0.141. The largest absolute Gasteiger partial charge is 0.363 e. The van der Waals surface area contributed by atoms with Crippen LogP contribution >= 0.6 is 0 Å². The van der Waals surface area contributed by atoms with E-state index in [1.807, 2.05) is 102 Å². The zero-order valence-corrected chi connectivity index (χ0v) is 20.2. The van der Waals surface area contributed by atoms with Crippen LogP contribution in [0.15, 0.2) is 84.9 Å². The molecule has 3 aromatic rings. The molecule has 0 aliphatic carbocycles. The van der Waals surface area contributed by atoms with E-state index in [4.69, 9.17) is 4.74 Å². The van der Waals surface area contributed by atoms with E-state index in [1.54, 1.807) is 0 Å². The van der Waals surface area contributed by atoms with Gasteiger partial charge in [0.15, 0.2) is 0 Å². The number of ether oxygens (including phenoxy) is 1. The molecule has 5 nitrogen and oxygen atoms in total. The van der Waals surface area contributed by atoms with Crippen molar-refractivity contribution in [3.8, 4) is 0 Å². The molecule has 180 valence electrons. The van der Waals surface area contributed by atoms with Crippen molar-refractivity contribution in [3.05, 3.63) is 102 Å². The number of carbonyl (C=O) groups is 2. The Balaban J connectivity index is 1.35. The Kier molecular flexibility index (Phi) is 6.69. The Labute approximate surface area is 207 Å². The number of aryl methyl sites for hydroxylation is 1. The van der Waals surface area contributed by atoms with E-state index in [2.05, 4.69) is 0 Å². The van der Waals surface area contributed by atoms with Crippen LogP contribution in [0.3, 0.4) is 0 Å². The first-order chi connectivity index (χ1) is 17.0. The molecule has 0 N–H and O–H groups in total. The summed E-state index contributed by atoms with van der Waals surface area (Å²) in [7, 11) is 0. The van der Waals surface area contributed by atoms with Gasteiger partial charge in [-0.15, -0.1) is 0 Å². The summed E-state index contributed by atoms with van der Waals surface area (Å²) in [6, 6.07) is 28.1. The average molecular weight is 469 g/mol. The third kappa shape index (κ3) is 5.01. The summed E-state index contributed by atoms with van der Waals surface area (Å²) in [5.41, 5.74) is 3.66. The van der Waals surface area contributed by atoms with Crippen LogP contribution in [0.2, 0.25) is 0 Å². The van der Waals surface area contributed by atoms with E-state index < -0.39 is 5.60 Å². The number of anilines is 1. The van der Waals surface area contributed by atoms with Crippen LogP contribution in [0, 0.1) is 6.92 Å². The number of hydrogen-bond donors (Lipinski definition) is 0. The Hall–Kier alpha value is -3.44. The molecule has 2 fully saturated rings. The summed E-state index contributed by atoms with van der Waals surface area (Å²) < 4.78 is 6.20. The molecule has 1 spiro atoms. The number of nitrogens with zero attached hydrogens (tertiary/aromatic N) is 2. The number of rotatable bonds is 4. The number of carbonyl (C=O) groups excluding carboxylic acids is 2. The van der Waals surface area contributed by atoms with Crippen molar-refractivity contribution in [1.82, 2.24) is 4.90 Å². The molecule has 3 aromatic carbocycles. The molecule has 2 aliphatic rings. The van der Waals surface area contributed by atoms with Gasteiger partial charge in [-0.3, -0.25) is 9.59 Å². The van der Waals surface area contributed by atoms with Crippen LogP contribution in [0.5, 0.6) is 0 Å². The minimum Gasteiger partial charge on any atom is -0.363 e. The number of morpholine rings is 1. The van der Waals surface area contributed by atoms with Crippen molar-refractivity contribution in [1.29, 1.82) is 0 Å². The van der Waals surface area contributed by atoms with E-state index in [9.17, 15) is 9.59 Å². The highest BCUT2D eigenvalue weighted by Gasteiger charge is 2.42. The molecular weight excluding hydrogens is 436 g/mol. The summed E-state index contributed by atoms with van der Waals surface area (Å²) in [5, 5.41) is 0. The zero-order valence-electron chi connectivity index (χ0n) is 20.2. The van der Waals surface area contributed by atoms with Crippen LogP contribution in [0.25, 0.3) is 0 Å². The number of hydrogen-bond acceptors (Lipinski definition) is 3. The molecule has 1 atom stereocenters. The van der Waals surface area contributed by atoms with Gasteiger partial charge in [0, 0.05) is 18.8 Å². The maximum absolute atomic E-state index is 13.9. The third-order valence-electron chi connectivity index (χ3n) is 7.32. The maximum Gasteiger partial charge on any atom is 0.253 e. The fraction of sp³-hybridized carbons (Fsp3) is 0.333. The van der Waals surface area contributed by atoms with E-state index in [-0.39, 0.29) is 24.3 Å². The molecule has 2 aliphatic heterocycles. The quantitative estimate of drug-likeness (QED) is 0.545. The van der Waals surface area contributed by atoms with Crippen LogP contribution in [0.1, 0.15) is 41.9 Å². The minimum absolute atomic E-state index is 0.00937. The molecule has 0 radical (unpaired) electrons. The van der Waals surface area contributed by atoms with Crippen LogP contribution in [0.4, 0.5) is 5.69 Å². The van der Waals surface area contributed by atoms with Crippen molar-refractivity contribution >= 4 is 17.5 Å². The number of amides is 2. The Morgan fingerprint density at radius 3 is 2.11 bits per heavy atom. The van der Waals surface area contributed by atoms with Crippen molar-refractivity contribution < 1.29 is 14.3 Å². The topological polar surface area (TPSA) is 49.9 Å². The van der Waals surface area contributed by atoms with Gasteiger partial charge in [0.1, 0.15) is 6.61 Å². The summed E-state index contributed by atoms with van der Waals surface area (Å²) >= 11 is 0. The molecule has 2 heterocycles. The van der Waals surface area contributed by atoms with Gasteiger partial charge in [0.25, 0.3) is 5.91 Å². The zero-order chi connectivity index (χ0) is 24.3. The number of likely N-dealkylation sites (tertiary alicyclic amines) is 1. The smallest absolute Gasteiger partial charge is 0.253 e. The Morgan fingerprint density at radius 1 is 0.857 bits per heavy atom. The normalized spacial score (nSPS) is 20.8. The predicted octanol–water partition coefficient (Wildman–Crippen LogP) is 4.94. The lowest BCUT2D eigenvalue weighted by Gasteiger charge is -2.42. The summed E-state index contributed by atoms with van der Waals surface area (Å²) in [4.78, 5) is 30.5. The lowest BCUT2D eigenvalue weighted by Crippen LogP contribution is -2.55. The van der Waals surface area contributed by atoms with Crippen molar-refractivity contribution in [2.24, 2.45) is 0 Å². The monoisotopic (exact) mass is 468 g/mol. The third-order valence-corrected chi connectivity index (χ3v) is 7.32. The van der Waals surface area contributed by atoms with E-state index >= 15 is 0 Å². The van der Waals surface area contributed by atoms with Crippen LogP contribution in [-0.2, 0) is 14.3 Å². The van der Waals surface area contributed by atoms with Gasteiger partial charge in [0.2, 0.25) is 5.91 Å². The molecule has 0 aromatic heterocycles.